The predicted molar refractivity (Wildman–Crippen MR) is 98.4 cm³/mol. The number of nitrogens with one attached hydrogen (secondary N) is 1. The Morgan fingerprint density at radius 3 is 2.65 bits per heavy atom. The third-order valence-corrected chi connectivity index (χ3v) is 4.72. The Labute approximate surface area is 156 Å². The van der Waals surface area contributed by atoms with E-state index in [-0.39, 0.29) is 13.0 Å². The molecule has 1 aliphatic heterocycles. The van der Waals surface area contributed by atoms with Crippen molar-refractivity contribution in [2.24, 2.45) is 0 Å². The summed E-state index contributed by atoms with van der Waals surface area (Å²) in [7, 11) is 0. The van der Waals surface area contributed by atoms with E-state index in [2.05, 4.69) is 5.32 Å². The fourth-order valence-corrected chi connectivity index (χ4v) is 3.05. The molecule has 2 N–H and O–H groups in total. The van der Waals surface area contributed by atoms with Gasteiger partial charge < -0.3 is 15.2 Å². The Morgan fingerprint density at radius 1 is 1.19 bits per heavy atom. The van der Waals surface area contributed by atoms with Crippen LogP contribution in [0.1, 0.15) is 12.0 Å². The van der Waals surface area contributed by atoms with E-state index in [0.29, 0.717) is 16.5 Å². The number of likely N-dealkylation sites (tertiary alicyclic amines) is 1. The van der Waals surface area contributed by atoms with E-state index in [0.717, 1.165) is 5.56 Å². The molecule has 6 nitrogen and oxygen atoms in total. The minimum absolute atomic E-state index is 0.0330. The highest BCUT2D eigenvalue weighted by atomic mass is 35.5. The van der Waals surface area contributed by atoms with Gasteiger partial charge in [0.1, 0.15) is 11.8 Å². The van der Waals surface area contributed by atoms with Crippen LogP contribution in [0.15, 0.2) is 48.5 Å². The van der Waals surface area contributed by atoms with Gasteiger partial charge in [-0.2, -0.15) is 0 Å². The van der Waals surface area contributed by atoms with Crippen LogP contribution in [0.5, 0.6) is 5.75 Å². The zero-order chi connectivity index (χ0) is 18.7. The fourth-order valence-electron chi connectivity index (χ4n) is 2.87. The Kier molecular flexibility index (Phi) is 5.44. The predicted octanol–water partition coefficient (Wildman–Crippen LogP) is 3.22. The van der Waals surface area contributed by atoms with E-state index < -0.39 is 24.1 Å². The third-order valence-electron chi connectivity index (χ3n) is 4.21. The highest BCUT2D eigenvalue weighted by molar-refractivity contribution is 6.34. The number of rotatable bonds is 3. The second-order valence-electron chi connectivity index (χ2n) is 6.16. The number of hydrogen-bond acceptors (Lipinski definition) is 4. The molecule has 1 fully saturated rings. The van der Waals surface area contributed by atoms with Crippen molar-refractivity contribution < 1.29 is 19.4 Å². The lowest BCUT2D eigenvalue weighted by Gasteiger charge is -2.23. The number of amides is 2. The van der Waals surface area contributed by atoms with Gasteiger partial charge in [0.2, 0.25) is 5.91 Å². The van der Waals surface area contributed by atoms with Crippen molar-refractivity contribution in [3.05, 3.63) is 59.1 Å². The molecule has 0 aliphatic carbocycles. The molecule has 136 valence electrons. The van der Waals surface area contributed by atoms with Crippen molar-refractivity contribution in [3.8, 4) is 5.75 Å². The molecule has 0 aromatic heterocycles. The average Bonchev–Trinajstić information content (AvgIpc) is 3.02. The van der Waals surface area contributed by atoms with Gasteiger partial charge in [-0.3, -0.25) is 9.69 Å². The summed E-state index contributed by atoms with van der Waals surface area (Å²) in [5.74, 6) is -0.0427. The van der Waals surface area contributed by atoms with Crippen LogP contribution in [-0.4, -0.2) is 40.7 Å². The first-order valence-electron chi connectivity index (χ1n) is 8.23. The second-order valence-corrected chi connectivity index (χ2v) is 6.54. The SMILES string of the molecule is Cc1cccc(NC(=O)[C@@H]2C[C@@H](O)CN2C(=O)Oc2ccccc2)c1Cl. The number of ether oxygens (including phenoxy) is 1. The van der Waals surface area contributed by atoms with Gasteiger partial charge in [-0.25, -0.2) is 4.79 Å². The summed E-state index contributed by atoms with van der Waals surface area (Å²) >= 11 is 6.21. The standard InChI is InChI=1S/C19H19ClN2O4/c1-12-6-5-9-15(17(12)20)21-18(24)16-10-13(23)11-22(16)19(25)26-14-7-3-2-4-8-14/h2-9,13,16,23H,10-11H2,1H3,(H,21,24)/t13-,16+/m1/s1. The molecule has 26 heavy (non-hydrogen) atoms. The number of para-hydroxylation sites is 1. The van der Waals surface area contributed by atoms with E-state index in [1.54, 1.807) is 42.5 Å². The maximum atomic E-state index is 12.7. The zero-order valence-electron chi connectivity index (χ0n) is 14.2. The summed E-state index contributed by atoms with van der Waals surface area (Å²) in [6.07, 6.45) is -1.33. The van der Waals surface area contributed by atoms with Crippen molar-refractivity contribution in [2.45, 2.75) is 25.5 Å². The van der Waals surface area contributed by atoms with Crippen LogP contribution in [-0.2, 0) is 4.79 Å². The molecule has 0 unspecified atom stereocenters. The normalized spacial score (nSPS) is 19.3. The second kappa shape index (κ2) is 7.76. The number of anilines is 1. The van der Waals surface area contributed by atoms with Gasteiger partial charge in [0.05, 0.1) is 23.4 Å². The summed E-state index contributed by atoms with van der Waals surface area (Å²) in [5, 5.41) is 13.1. The number of aliphatic hydroxyl groups excluding tert-OH is 1. The molecule has 2 atom stereocenters. The smallest absolute Gasteiger partial charge is 0.410 e. The molecule has 1 heterocycles. The summed E-state index contributed by atoms with van der Waals surface area (Å²) in [6.45, 7) is 1.87. The summed E-state index contributed by atoms with van der Waals surface area (Å²) in [4.78, 5) is 26.3. The fraction of sp³-hybridized carbons (Fsp3) is 0.263. The summed E-state index contributed by atoms with van der Waals surface area (Å²) in [5.41, 5.74) is 1.30. The van der Waals surface area contributed by atoms with Crippen molar-refractivity contribution in [2.75, 3.05) is 11.9 Å². The summed E-state index contributed by atoms with van der Waals surface area (Å²) < 4.78 is 5.29. The Morgan fingerprint density at radius 2 is 1.92 bits per heavy atom. The van der Waals surface area contributed by atoms with Gasteiger partial charge in [0, 0.05) is 6.42 Å². The first kappa shape index (κ1) is 18.2. The molecule has 2 aromatic rings. The van der Waals surface area contributed by atoms with E-state index in [9.17, 15) is 14.7 Å². The first-order valence-corrected chi connectivity index (χ1v) is 8.61. The topological polar surface area (TPSA) is 78.9 Å². The number of hydrogen-bond donors (Lipinski definition) is 2. The van der Waals surface area contributed by atoms with Crippen molar-refractivity contribution >= 4 is 29.3 Å². The average molecular weight is 375 g/mol. The maximum Gasteiger partial charge on any atom is 0.416 e. The van der Waals surface area contributed by atoms with Crippen molar-refractivity contribution in [1.29, 1.82) is 0 Å². The number of nitrogens with zero attached hydrogens (tertiary/aromatic N) is 1. The minimum Gasteiger partial charge on any atom is -0.410 e. The molecule has 1 aliphatic rings. The largest absolute Gasteiger partial charge is 0.416 e. The van der Waals surface area contributed by atoms with E-state index >= 15 is 0 Å². The Balaban J connectivity index is 1.73. The van der Waals surface area contributed by atoms with Crippen LogP contribution in [0.2, 0.25) is 5.02 Å². The lowest BCUT2D eigenvalue weighted by Crippen LogP contribution is -2.44. The third kappa shape index (κ3) is 3.98. The number of halogens is 1. The molecule has 0 bridgehead atoms. The first-order chi connectivity index (χ1) is 12.5. The number of carbonyl (C=O) groups is 2. The monoisotopic (exact) mass is 374 g/mol. The van der Waals surface area contributed by atoms with Gasteiger partial charge in [-0.15, -0.1) is 0 Å². The molecular weight excluding hydrogens is 356 g/mol. The van der Waals surface area contributed by atoms with Gasteiger partial charge in [-0.05, 0) is 30.7 Å². The van der Waals surface area contributed by atoms with Gasteiger partial charge in [-0.1, -0.05) is 41.9 Å². The van der Waals surface area contributed by atoms with Crippen LogP contribution >= 0.6 is 11.6 Å². The zero-order valence-corrected chi connectivity index (χ0v) is 14.9. The number of carbonyl (C=O) groups excluding carboxylic acids is 2. The lowest BCUT2D eigenvalue weighted by molar-refractivity contribution is -0.119. The maximum absolute atomic E-state index is 12.7. The van der Waals surface area contributed by atoms with Crippen LogP contribution in [0, 0.1) is 6.92 Å². The highest BCUT2D eigenvalue weighted by Gasteiger charge is 2.40. The van der Waals surface area contributed by atoms with E-state index in [1.807, 2.05) is 13.0 Å². The molecular formula is C19H19ClN2O4. The highest BCUT2D eigenvalue weighted by Crippen LogP contribution is 2.27. The van der Waals surface area contributed by atoms with Crippen LogP contribution in [0.4, 0.5) is 10.5 Å². The van der Waals surface area contributed by atoms with Gasteiger partial charge in [0.25, 0.3) is 0 Å². The number of benzene rings is 2. The lowest BCUT2D eigenvalue weighted by atomic mass is 10.1. The molecule has 2 aromatic carbocycles. The van der Waals surface area contributed by atoms with Crippen LogP contribution in [0.25, 0.3) is 0 Å². The molecule has 3 rings (SSSR count). The van der Waals surface area contributed by atoms with Gasteiger partial charge in [0.15, 0.2) is 0 Å². The van der Waals surface area contributed by atoms with Crippen molar-refractivity contribution in [1.82, 2.24) is 4.90 Å². The molecule has 7 heteroatoms. The molecule has 1 saturated heterocycles. The van der Waals surface area contributed by atoms with Gasteiger partial charge >= 0.3 is 6.09 Å². The molecule has 2 amide bonds. The number of aryl methyl sites for hydroxylation is 1. The van der Waals surface area contributed by atoms with E-state index in [4.69, 9.17) is 16.3 Å². The van der Waals surface area contributed by atoms with Crippen LogP contribution < -0.4 is 10.1 Å². The Bertz CT molecular complexity index is 812. The molecule has 0 spiro atoms. The Hall–Kier alpha value is -2.57. The quantitative estimate of drug-likeness (QED) is 0.864. The molecule has 0 radical (unpaired) electrons. The number of β-amino-alcohol motifs (C(OH)–C–C–N with tert-alkyl or cyclic N) is 1. The van der Waals surface area contributed by atoms with E-state index in [1.165, 1.54) is 4.90 Å². The summed E-state index contributed by atoms with van der Waals surface area (Å²) in [6, 6.07) is 13.0. The minimum atomic E-state index is -0.835. The van der Waals surface area contributed by atoms with Crippen LogP contribution in [0.3, 0.4) is 0 Å². The van der Waals surface area contributed by atoms with Crippen molar-refractivity contribution in [3.63, 3.8) is 0 Å². The number of aliphatic hydroxyl groups is 1. The molecule has 0 saturated carbocycles.